The first kappa shape index (κ1) is 13.8. The summed E-state index contributed by atoms with van der Waals surface area (Å²) in [6, 6.07) is -0.594. The molecular weight excluding hydrogens is 241 g/mol. The molecule has 1 aliphatic rings. The van der Waals surface area contributed by atoms with Gasteiger partial charge in [-0.15, -0.1) is 0 Å². The third-order valence-corrected chi connectivity index (χ3v) is 2.23. The second-order valence-electron chi connectivity index (χ2n) is 3.81. The Labute approximate surface area is 95.9 Å². The molecule has 1 N–H and O–H groups in total. The van der Waals surface area contributed by atoms with Crippen LogP contribution in [0, 0.1) is 5.92 Å². The largest absolute Gasteiger partial charge is 0.411 e. The third-order valence-electron chi connectivity index (χ3n) is 2.23. The first-order chi connectivity index (χ1) is 7.79. The zero-order chi connectivity index (χ0) is 13.1. The first-order valence-corrected chi connectivity index (χ1v) is 5.04. The first-order valence-electron chi connectivity index (χ1n) is 5.04. The fourth-order valence-corrected chi connectivity index (χ4v) is 1.36. The lowest BCUT2D eigenvalue weighted by Gasteiger charge is -2.30. The monoisotopic (exact) mass is 254 g/mol. The van der Waals surface area contributed by atoms with E-state index in [1.165, 1.54) is 4.90 Å². The molecule has 98 valence electrons. The smallest absolute Gasteiger partial charge is 0.370 e. The summed E-state index contributed by atoms with van der Waals surface area (Å²) in [7, 11) is 0. The molecule has 1 atom stereocenters. The van der Waals surface area contributed by atoms with Gasteiger partial charge in [0.2, 0.25) is 5.91 Å². The van der Waals surface area contributed by atoms with E-state index in [9.17, 15) is 22.8 Å². The molecule has 1 fully saturated rings. The van der Waals surface area contributed by atoms with E-state index in [4.69, 9.17) is 0 Å². The second kappa shape index (κ2) is 5.35. The highest BCUT2D eigenvalue weighted by atomic mass is 19.4. The van der Waals surface area contributed by atoms with Crippen LogP contribution in [0.4, 0.5) is 18.0 Å². The number of halogens is 3. The Balaban J connectivity index is 2.27. The molecule has 1 unspecified atom stereocenters. The highest BCUT2D eigenvalue weighted by molar-refractivity contribution is 5.97. The summed E-state index contributed by atoms with van der Waals surface area (Å²) in [5.74, 6) is -0.738. The fourth-order valence-electron chi connectivity index (χ4n) is 1.36. The maximum Gasteiger partial charge on any atom is 0.411 e. The van der Waals surface area contributed by atoms with Gasteiger partial charge in [0.25, 0.3) is 0 Å². The second-order valence-corrected chi connectivity index (χ2v) is 3.81. The van der Waals surface area contributed by atoms with Gasteiger partial charge in [-0.3, -0.25) is 10.1 Å². The quantitative estimate of drug-likeness (QED) is 0.753. The van der Waals surface area contributed by atoms with Gasteiger partial charge in [0.1, 0.15) is 6.61 Å². The van der Waals surface area contributed by atoms with Crippen molar-refractivity contribution in [1.82, 2.24) is 10.2 Å². The molecule has 17 heavy (non-hydrogen) atoms. The molecular formula is C9H13F3N2O3. The number of carbonyl (C=O) groups excluding carboxylic acids is 2. The number of imide groups is 1. The predicted molar refractivity (Wildman–Crippen MR) is 51.1 cm³/mol. The lowest BCUT2D eigenvalue weighted by Crippen LogP contribution is -2.54. The van der Waals surface area contributed by atoms with Crippen LogP contribution in [0.25, 0.3) is 0 Å². The molecule has 0 aromatic rings. The fraction of sp³-hybridized carbons (Fsp3) is 0.778. The van der Waals surface area contributed by atoms with E-state index in [0.717, 1.165) is 0 Å². The maximum atomic E-state index is 11.7. The summed E-state index contributed by atoms with van der Waals surface area (Å²) >= 11 is 0. The van der Waals surface area contributed by atoms with Gasteiger partial charge in [-0.1, -0.05) is 6.92 Å². The van der Waals surface area contributed by atoms with Gasteiger partial charge in [0.15, 0.2) is 0 Å². The van der Waals surface area contributed by atoms with Gasteiger partial charge in [-0.05, 0) is 0 Å². The Hall–Kier alpha value is -1.31. The van der Waals surface area contributed by atoms with Gasteiger partial charge < -0.3 is 9.64 Å². The molecule has 1 rings (SSSR count). The highest BCUT2D eigenvalue weighted by Gasteiger charge is 2.30. The van der Waals surface area contributed by atoms with Crippen molar-refractivity contribution in [2.45, 2.75) is 13.1 Å². The van der Waals surface area contributed by atoms with Crippen molar-refractivity contribution in [1.29, 1.82) is 0 Å². The normalized spacial score (nSPS) is 21.6. The molecule has 1 heterocycles. The number of ether oxygens (including phenoxy) is 1. The number of alkyl halides is 3. The van der Waals surface area contributed by atoms with Crippen LogP contribution in [-0.4, -0.2) is 49.3 Å². The molecule has 1 saturated heterocycles. The number of carbonyl (C=O) groups is 2. The van der Waals surface area contributed by atoms with Crippen molar-refractivity contribution in [2.75, 3.05) is 26.3 Å². The van der Waals surface area contributed by atoms with Crippen molar-refractivity contribution in [3.8, 4) is 0 Å². The van der Waals surface area contributed by atoms with E-state index in [-0.39, 0.29) is 31.5 Å². The Morgan fingerprint density at radius 2 is 2.12 bits per heavy atom. The average molecular weight is 254 g/mol. The third kappa shape index (κ3) is 4.59. The van der Waals surface area contributed by atoms with Crippen molar-refractivity contribution in [2.24, 2.45) is 5.92 Å². The summed E-state index contributed by atoms with van der Waals surface area (Å²) in [6.45, 7) is 0.301. The molecule has 0 aliphatic carbocycles. The minimum absolute atomic E-state index is 0.0273. The average Bonchev–Trinajstić information content (AvgIpc) is 2.18. The summed E-state index contributed by atoms with van der Waals surface area (Å²) in [6.07, 6.45) is -4.37. The Bertz CT molecular complexity index is 306. The molecule has 0 aromatic heterocycles. The number of urea groups is 1. The van der Waals surface area contributed by atoms with Crippen LogP contribution in [0.3, 0.4) is 0 Å². The van der Waals surface area contributed by atoms with E-state index in [2.05, 4.69) is 10.1 Å². The minimum Gasteiger partial charge on any atom is -0.370 e. The lowest BCUT2D eigenvalue weighted by atomic mass is 10.1. The number of rotatable bonds is 4. The van der Waals surface area contributed by atoms with Crippen molar-refractivity contribution in [3.05, 3.63) is 0 Å². The van der Waals surface area contributed by atoms with Gasteiger partial charge in [-0.25, -0.2) is 4.79 Å². The molecule has 0 spiro atoms. The number of nitrogens with zero attached hydrogens (tertiary/aromatic N) is 1. The Morgan fingerprint density at radius 1 is 1.47 bits per heavy atom. The van der Waals surface area contributed by atoms with Crippen molar-refractivity contribution >= 4 is 11.9 Å². The van der Waals surface area contributed by atoms with Crippen LogP contribution in [0.15, 0.2) is 0 Å². The van der Waals surface area contributed by atoms with Crippen LogP contribution in [-0.2, 0) is 9.53 Å². The van der Waals surface area contributed by atoms with E-state index < -0.39 is 18.8 Å². The van der Waals surface area contributed by atoms with Gasteiger partial charge in [-0.2, -0.15) is 13.2 Å². The lowest BCUT2D eigenvalue weighted by molar-refractivity contribution is -0.174. The summed E-state index contributed by atoms with van der Waals surface area (Å²) in [5.41, 5.74) is 0. The van der Waals surface area contributed by atoms with E-state index >= 15 is 0 Å². The van der Waals surface area contributed by atoms with Crippen LogP contribution >= 0.6 is 0 Å². The topological polar surface area (TPSA) is 58.6 Å². The van der Waals surface area contributed by atoms with Crippen molar-refractivity contribution in [3.63, 3.8) is 0 Å². The minimum atomic E-state index is -4.37. The number of amides is 3. The summed E-state index contributed by atoms with van der Waals surface area (Å²) < 4.78 is 39.6. The molecule has 0 saturated carbocycles. The standard InChI is InChI=1S/C9H13F3N2O3/c1-6-4-14(8(16)13-7(6)15)2-3-17-5-9(10,11)12/h6H,2-5H2,1H3,(H,13,15,16). The van der Waals surface area contributed by atoms with Crippen LogP contribution < -0.4 is 5.32 Å². The Kier molecular flexibility index (Phi) is 4.33. The SMILES string of the molecule is CC1CN(CCOCC(F)(F)F)C(=O)NC1=O. The summed E-state index contributed by atoms with van der Waals surface area (Å²) in [4.78, 5) is 23.6. The van der Waals surface area contributed by atoms with Crippen LogP contribution in [0.5, 0.6) is 0 Å². The molecule has 0 aromatic carbocycles. The molecule has 0 radical (unpaired) electrons. The van der Waals surface area contributed by atoms with Crippen LogP contribution in [0.1, 0.15) is 6.92 Å². The molecule has 1 aliphatic heterocycles. The van der Waals surface area contributed by atoms with Crippen molar-refractivity contribution < 1.29 is 27.5 Å². The number of hydrogen-bond acceptors (Lipinski definition) is 3. The Morgan fingerprint density at radius 3 is 2.71 bits per heavy atom. The molecule has 3 amide bonds. The van der Waals surface area contributed by atoms with Gasteiger partial charge >= 0.3 is 12.2 Å². The van der Waals surface area contributed by atoms with Gasteiger partial charge in [0, 0.05) is 13.1 Å². The summed E-state index contributed by atoms with van der Waals surface area (Å²) in [5, 5.41) is 2.11. The van der Waals surface area contributed by atoms with E-state index in [1.54, 1.807) is 6.92 Å². The van der Waals surface area contributed by atoms with Gasteiger partial charge in [0.05, 0.1) is 12.5 Å². The van der Waals surface area contributed by atoms with E-state index in [0.29, 0.717) is 0 Å². The zero-order valence-corrected chi connectivity index (χ0v) is 9.21. The van der Waals surface area contributed by atoms with E-state index in [1.807, 2.05) is 0 Å². The zero-order valence-electron chi connectivity index (χ0n) is 9.21. The molecule has 5 nitrogen and oxygen atoms in total. The number of hydrogen-bond donors (Lipinski definition) is 1. The highest BCUT2D eigenvalue weighted by Crippen LogP contribution is 2.14. The predicted octanol–water partition coefficient (Wildman–Crippen LogP) is 0.753. The molecule has 0 bridgehead atoms. The maximum absolute atomic E-state index is 11.7. The molecule has 8 heteroatoms. The van der Waals surface area contributed by atoms with Crippen LogP contribution in [0.2, 0.25) is 0 Å². The number of nitrogens with one attached hydrogen (secondary N) is 1.